The summed E-state index contributed by atoms with van der Waals surface area (Å²) in [6, 6.07) is 15.4. The maximum absolute atomic E-state index is 11.6. The standard InChI is InChI=1S/C17H17N3O2S/c21-11-3-10-18-17(22)19-13-8-6-12(7-9-13)16-20-14-4-1-2-5-15(14)23-16/h1-2,4-9,21H,3,10-11H2,(H2,18,19,22). The molecule has 6 heteroatoms. The van der Waals surface area contributed by atoms with Gasteiger partial charge in [0.15, 0.2) is 0 Å². The van der Waals surface area contributed by atoms with Crippen molar-refractivity contribution in [1.29, 1.82) is 0 Å². The van der Waals surface area contributed by atoms with Crippen molar-refractivity contribution in [3.8, 4) is 10.6 Å². The number of rotatable bonds is 5. The van der Waals surface area contributed by atoms with Crippen LogP contribution >= 0.6 is 11.3 Å². The summed E-state index contributed by atoms with van der Waals surface area (Å²) in [5, 5.41) is 15.1. The number of urea groups is 1. The van der Waals surface area contributed by atoms with E-state index in [9.17, 15) is 4.79 Å². The van der Waals surface area contributed by atoms with E-state index in [1.165, 1.54) is 0 Å². The number of carbonyl (C=O) groups excluding carboxylic acids is 1. The number of thiazole rings is 1. The van der Waals surface area contributed by atoms with Crippen molar-refractivity contribution >= 4 is 33.3 Å². The van der Waals surface area contributed by atoms with Gasteiger partial charge in [-0.05, 0) is 42.8 Å². The number of para-hydroxylation sites is 1. The van der Waals surface area contributed by atoms with Gasteiger partial charge in [-0.3, -0.25) is 0 Å². The topological polar surface area (TPSA) is 74.2 Å². The van der Waals surface area contributed by atoms with E-state index in [2.05, 4.69) is 21.7 Å². The van der Waals surface area contributed by atoms with Gasteiger partial charge in [0.25, 0.3) is 0 Å². The minimum absolute atomic E-state index is 0.0666. The van der Waals surface area contributed by atoms with Gasteiger partial charge in [0.2, 0.25) is 0 Å². The summed E-state index contributed by atoms with van der Waals surface area (Å²) in [6.45, 7) is 0.517. The minimum Gasteiger partial charge on any atom is -0.396 e. The SMILES string of the molecule is O=C(NCCCO)Nc1ccc(-c2nc3ccccc3s2)cc1. The molecule has 3 aromatic rings. The number of amides is 2. The van der Waals surface area contributed by atoms with Gasteiger partial charge in [-0.1, -0.05) is 12.1 Å². The van der Waals surface area contributed by atoms with Crippen LogP contribution in [-0.4, -0.2) is 29.3 Å². The Morgan fingerprint density at radius 3 is 2.65 bits per heavy atom. The van der Waals surface area contributed by atoms with Gasteiger partial charge in [-0.15, -0.1) is 11.3 Å². The summed E-state index contributed by atoms with van der Waals surface area (Å²) in [4.78, 5) is 16.3. The maximum atomic E-state index is 11.6. The minimum atomic E-state index is -0.272. The number of carbonyl (C=O) groups is 1. The molecule has 3 rings (SSSR count). The van der Waals surface area contributed by atoms with Gasteiger partial charge < -0.3 is 15.7 Å². The molecule has 2 aromatic carbocycles. The molecule has 0 radical (unpaired) electrons. The second-order valence-corrected chi connectivity index (χ2v) is 6.05. The number of fused-ring (bicyclic) bond motifs is 1. The summed E-state index contributed by atoms with van der Waals surface area (Å²) < 4.78 is 1.16. The fourth-order valence-electron chi connectivity index (χ4n) is 2.15. The van der Waals surface area contributed by atoms with Crippen LogP contribution < -0.4 is 10.6 Å². The van der Waals surface area contributed by atoms with E-state index in [0.717, 1.165) is 26.5 Å². The lowest BCUT2D eigenvalue weighted by atomic mass is 10.2. The van der Waals surface area contributed by atoms with Gasteiger partial charge in [-0.25, -0.2) is 9.78 Å². The molecular weight excluding hydrogens is 310 g/mol. The molecule has 0 bridgehead atoms. The second-order valence-electron chi connectivity index (χ2n) is 5.02. The number of nitrogens with zero attached hydrogens (tertiary/aromatic N) is 1. The molecule has 0 aliphatic rings. The highest BCUT2D eigenvalue weighted by molar-refractivity contribution is 7.21. The summed E-state index contributed by atoms with van der Waals surface area (Å²) in [6.07, 6.45) is 0.546. The molecule has 118 valence electrons. The van der Waals surface area contributed by atoms with Crippen LogP contribution in [0.5, 0.6) is 0 Å². The van der Waals surface area contributed by atoms with Crippen molar-refractivity contribution in [1.82, 2.24) is 10.3 Å². The van der Waals surface area contributed by atoms with Crippen LogP contribution in [0.2, 0.25) is 0 Å². The highest BCUT2D eigenvalue weighted by Crippen LogP contribution is 2.30. The molecule has 1 aromatic heterocycles. The van der Waals surface area contributed by atoms with Crippen LogP contribution in [0.25, 0.3) is 20.8 Å². The lowest BCUT2D eigenvalue weighted by molar-refractivity contribution is 0.249. The molecule has 1 heterocycles. The van der Waals surface area contributed by atoms with Crippen LogP contribution in [0.1, 0.15) is 6.42 Å². The van der Waals surface area contributed by atoms with Crippen LogP contribution in [0, 0.1) is 0 Å². The number of benzene rings is 2. The van der Waals surface area contributed by atoms with Crippen LogP contribution in [0.15, 0.2) is 48.5 Å². The Kier molecular flexibility index (Phi) is 4.85. The summed E-state index contributed by atoms with van der Waals surface area (Å²) in [5.41, 5.74) is 2.74. The quantitative estimate of drug-likeness (QED) is 0.628. The predicted octanol–water partition coefficient (Wildman–Crippen LogP) is 3.47. The smallest absolute Gasteiger partial charge is 0.319 e. The van der Waals surface area contributed by atoms with E-state index in [4.69, 9.17) is 5.11 Å². The largest absolute Gasteiger partial charge is 0.396 e. The molecule has 5 nitrogen and oxygen atoms in total. The highest BCUT2D eigenvalue weighted by Gasteiger charge is 2.06. The summed E-state index contributed by atoms with van der Waals surface area (Å²) >= 11 is 1.65. The number of hydrogen-bond acceptors (Lipinski definition) is 4. The fraction of sp³-hybridized carbons (Fsp3) is 0.176. The molecule has 0 fully saturated rings. The molecule has 3 N–H and O–H groups in total. The third kappa shape index (κ3) is 3.85. The van der Waals surface area contributed by atoms with Gasteiger partial charge in [0, 0.05) is 24.4 Å². The Labute approximate surface area is 138 Å². The van der Waals surface area contributed by atoms with Gasteiger partial charge in [0.05, 0.1) is 10.2 Å². The molecule has 0 unspecified atom stereocenters. The van der Waals surface area contributed by atoms with E-state index in [0.29, 0.717) is 13.0 Å². The first-order chi connectivity index (χ1) is 11.3. The lowest BCUT2D eigenvalue weighted by Gasteiger charge is -2.07. The third-order valence-electron chi connectivity index (χ3n) is 3.30. The number of nitrogens with one attached hydrogen (secondary N) is 2. The second kappa shape index (κ2) is 7.21. The average molecular weight is 327 g/mol. The number of aliphatic hydroxyl groups excluding tert-OH is 1. The molecule has 0 aliphatic carbocycles. The Morgan fingerprint density at radius 2 is 1.91 bits per heavy atom. The van der Waals surface area contributed by atoms with Crippen molar-refractivity contribution in [3.05, 3.63) is 48.5 Å². The third-order valence-corrected chi connectivity index (χ3v) is 4.39. The number of anilines is 1. The molecule has 0 aliphatic heterocycles. The average Bonchev–Trinajstić information content (AvgIpc) is 3.00. The van der Waals surface area contributed by atoms with Crippen molar-refractivity contribution in [3.63, 3.8) is 0 Å². The first-order valence-corrected chi connectivity index (χ1v) is 8.19. The maximum Gasteiger partial charge on any atom is 0.319 e. The van der Waals surface area contributed by atoms with Crippen LogP contribution in [0.3, 0.4) is 0 Å². The molecule has 2 amide bonds. The van der Waals surface area contributed by atoms with Crippen molar-refractivity contribution in [2.75, 3.05) is 18.5 Å². The summed E-state index contributed by atoms with van der Waals surface area (Å²) in [7, 11) is 0. The van der Waals surface area contributed by atoms with E-state index in [1.807, 2.05) is 42.5 Å². The lowest BCUT2D eigenvalue weighted by Crippen LogP contribution is -2.29. The van der Waals surface area contributed by atoms with E-state index < -0.39 is 0 Å². The molecular formula is C17H17N3O2S. The van der Waals surface area contributed by atoms with Gasteiger partial charge in [-0.2, -0.15) is 0 Å². The van der Waals surface area contributed by atoms with Crippen molar-refractivity contribution in [2.24, 2.45) is 0 Å². The Hall–Kier alpha value is -2.44. The normalized spacial score (nSPS) is 10.7. The Balaban J connectivity index is 1.68. The summed E-state index contributed by atoms with van der Waals surface area (Å²) in [5.74, 6) is 0. The fourth-order valence-corrected chi connectivity index (χ4v) is 3.12. The van der Waals surface area contributed by atoms with Crippen LogP contribution in [0.4, 0.5) is 10.5 Å². The van der Waals surface area contributed by atoms with Gasteiger partial charge in [0.1, 0.15) is 5.01 Å². The number of aliphatic hydroxyl groups is 1. The molecule has 23 heavy (non-hydrogen) atoms. The first-order valence-electron chi connectivity index (χ1n) is 7.38. The zero-order chi connectivity index (χ0) is 16.1. The molecule has 0 saturated heterocycles. The highest BCUT2D eigenvalue weighted by atomic mass is 32.1. The monoisotopic (exact) mass is 327 g/mol. The molecule has 0 saturated carbocycles. The predicted molar refractivity (Wildman–Crippen MR) is 93.8 cm³/mol. The van der Waals surface area contributed by atoms with Crippen molar-refractivity contribution in [2.45, 2.75) is 6.42 Å². The van der Waals surface area contributed by atoms with E-state index in [-0.39, 0.29) is 12.6 Å². The molecule has 0 atom stereocenters. The van der Waals surface area contributed by atoms with E-state index >= 15 is 0 Å². The molecule has 0 spiro atoms. The Bertz CT molecular complexity index is 766. The van der Waals surface area contributed by atoms with E-state index in [1.54, 1.807) is 11.3 Å². The van der Waals surface area contributed by atoms with Crippen LogP contribution in [-0.2, 0) is 0 Å². The zero-order valence-corrected chi connectivity index (χ0v) is 13.3. The number of hydrogen-bond donors (Lipinski definition) is 3. The number of aromatic nitrogens is 1. The Morgan fingerprint density at radius 1 is 1.13 bits per heavy atom. The van der Waals surface area contributed by atoms with Gasteiger partial charge >= 0.3 is 6.03 Å². The van der Waals surface area contributed by atoms with Crippen molar-refractivity contribution < 1.29 is 9.90 Å². The zero-order valence-electron chi connectivity index (χ0n) is 12.5. The first kappa shape index (κ1) is 15.5.